The van der Waals surface area contributed by atoms with E-state index < -0.39 is 10.6 Å². The van der Waals surface area contributed by atoms with E-state index in [9.17, 15) is 15.2 Å². The normalized spacial score (nSPS) is 27.9. The third-order valence-electron chi connectivity index (χ3n) is 8.06. The smallest absolute Gasteiger partial charge is 0.344 e. The largest absolute Gasteiger partial charge is 0.616 e. The molecule has 3 aliphatic rings. The number of aryl methyl sites for hydroxylation is 2. The van der Waals surface area contributed by atoms with Gasteiger partial charge in [-0.15, -0.1) is 0 Å². The number of nitrogens with one attached hydrogen (secondary N) is 1. The molecule has 8 heteroatoms. The Morgan fingerprint density at radius 3 is 2.16 bits per heavy atom. The van der Waals surface area contributed by atoms with Gasteiger partial charge in [0.1, 0.15) is 35.0 Å². The van der Waals surface area contributed by atoms with Crippen LogP contribution in [0.1, 0.15) is 24.0 Å². The summed E-state index contributed by atoms with van der Waals surface area (Å²) < 4.78 is 10.9. The van der Waals surface area contributed by atoms with Crippen LogP contribution in [0, 0.1) is 36.1 Å². The Morgan fingerprint density at radius 2 is 1.57 bits per heavy atom. The summed E-state index contributed by atoms with van der Waals surface area (Å²) in [6, 6.07) is 22.1. The monoisotopic (exact) mass is 502 g/mol. The molecule has 0 radical (unpaired) electrons. The molecule has 6 unspecified atom stereocenters. The molecule has 1 aliphatic heterocycles. The summed E-state index contributed by atoms with van der Waals surface area (Å²) >= 11 is 0. The van der Waals surface area contributed by atoms with Crippen molar-refractivity contribution in [2.45, 2.75) is 44.9 Å². The van der Waals surface area contributed by atoms with E-state index in [0.29, 0.717) is 22.8 Å². The first-order chi connectivity index (χ1) is 17.9. The summed E-state index contributed by atoms with van der Waals surface area (Å²) in [5.41, 5.74) is 3.22. The highest BCUT2D eigenvalue weighted by Gasteiger charge is 2.64. The van der Waals surface area contributed by atoms with E-state index in [-0.39, 0.29) is 41.9 Å². The Bertz CT molecular complexity index is 1240. The van der Waals surface area contributed by atoms with Crippen LogP contribution in [0.4, 0.5) is 17.1 Å². The SMILES string of the molecule is Cc1cc([N+]([O-])(c2ccccc2)c2ccccc2)cc(C)c1OCC(=O)OC1C2CC3C1O[NH+]([O-])C3C2. The number of hydroxylamine groups is 2. The average molecular weight is 503 g/mol. The zero-order valence-electron chi connectivity index (χ0n) is 20.8. The molecule has 2 saturated carbocycles. The summed E-state index contributed by atoms with van der Waals surface area (Å²) in [6.07, 6.45) is 0.902. The minimum atomic E-state index is -0.753. The van der Waals surface area contributed by atoms with Crippen LogP contribution in [0.3, 0.4) is 0 Å². The van der Waals surface area contributed by atoms with Crippen molar-refractivity contribution in [1.29, 1.82) is 0 Å². The van der Waals surface area contributed by atoms with Gasteiger partial charge in [-0.1, -0.05) is 36.4 Å². The molecule has 2 bridgehead atoms. The van der Waals surface area contributed by atoms with Crippen LogP contribution in [-0.4, -0.2) is 30.8 Å². The number of hydrogen-bond donors (Lipinski definition) is 1. The molecule has 3 aromatic rings. The minimum Gasteiger partial charge on any atom is -0.616 e. The van der Waals surface area contributed by atoms with Gasteiger partial charge in [0.15, 0.2) is 12.7 Å². The van der Waals surface area contributed by atoms with Gasteiger partial charge in [-0.25, -0.2) is 10.0 Å². The van der Waals surface area contributed by atoms with Gasteiger partial charge in [0.2, 0.25) is 0 Å². The minimum absolute atomic E-state index is 0.0247. The van der Waals surface area contributed by atoms with Crippen molar-refractivity contribution in [3.63, 3.8) is 0 Å². The van der Waals surface area contributed by atoms with Crippen molar-refractivity contribution in [2.75, 3.05) is 6.61 Å². The summed E-state index contributed by atoms with van der Waals surface area (Å²) in [5, 5.41) is 26.3. The molecule has 0 amide bonds. The van der Waals surface area contributed by atoms with Gasteiger partial charge in [-0.05, 0) is 31.4 Å². The molecule has 6 atom stereocenters. The Hall–Kier alpha value is -3.27. The fourth-order valence-corrected chi connectivity index (χ4v) is 6.44. The Kier molecular flexibility index (Phi) is 6.01. The highest BCUT2D eigenvalue weighted by Crippen LogP contribution is 2.49. The zero-order chi connectivity index (χ0) is 25.7. The topological polar surface area (TPSA) is 95.3 Å². The summed E-state index contributed by atoms with van der Waals surface area (Å²) in [4.78, 5) is 18.2. The number of rotatable bonds is 7. The fraction of sp³-hybridized carbons (Fsp3) is 0.345. The van der Waals surface area contributed by atoms with Gasteiger partial charge < -0.3 is 19.9 Å². The molecule has 37 heavy (non-hydrogen) atoms. The molecule has 1 saturated heterocycles. The van der Waals surface area contributed by atoms with E-state index in [0.717, 1.165) is 24.0 Å². The van der Waals surface area contributed by atoms with Crippen molar-refractivity contribution < 1.29 is 24.3 Å². The molecule has 192 valence electrons. The second-order valence-corrected chi connectivity index (χ2v) is 10.3. The molecule has 6 rings (SSSR count). The number of carbonyl (C=O) groups excluding carboxylic acids is 1. The van der Waals surface area contributed by atoms with Gasteiger partial charge in [0.05, 0.1) is 5.92 Å². The van der Waals surface area contributed by atoms with E-state index >= 15 is 0 Å². The Labute approximate surface area is 215 Å². The molecular formula is C29H30N2O6. The maximum atomic E-state index is 14.5. The summed E-state index contributed by atoms with van der Waals surface area (Å²) in [6.45, 7) is 3.48. The second kappa shape index (κ2) is 9.24. The first kappa shape index (κ1) is 24.1. The van der Waals surface area contributed by atoms with Crippen LogP contribution in [0.25, 0.3) is 0 Å². The van der Waals surface area contributed by atoms with Crippen molar-refractivity contribution in [2.24, 2.45) is 11.8 Å². The number of benzene rings is 3. The van der Waals surface area contributed by atoms with Gasteiger partial charge in [-0.2, -0.15) is 4.84 Å². The number of hydrogen-bond acceptors (Lipinski definition) is 6. The van der Waals surface area contributed by atoms with Gasteiger partial charge in [0.25, 0.3) is 0 Å². The van der Waals surface area contributed by atoms with Crippen LogP contribution < -0.4 is 14.6 Å². The maximum absolute atomic E-state index is 14.5. The lowest BCUT2D eigenvalue weighted by molar-refractivity contribution is -1.06. The van der Waals surface area contributed by atoms with E-state index in [1.807, 2.05) is 86.6 Å². The summed E-state index contributed by atoms with van der Waals surface area (Å²) in [7, 11) is 0. The Morgan fingerprint density at radius 1 is 0.973 bits per heavy atom. The maximum Gasteiger partial charge on any atom is 0.344 e. The third kappa shape index (κ3) is 4.02. The molecule has 8 nitrogen and oxygen atoms in total. The molecule has 0 spiro atoms. The van der Waals surface area contributed by atoms with Crippen LogP contribution in [0.2, 0.25) is 0 Å². The van der Waals surface area contributed by atoms with E-state index in [2.05, 4.69) is 0 Å². The highest BCUT2D eigenvalue weighted by atomic mass is 16.9. The van der Waals surface area contributed by atoms with E-state index in [4.69, 9.17) is 14.3 Å². The molecular weight excluding hydrogens is 472 g/mol. The Balaban J connectivity index is 1.21. The number of fused-ring (bicyclic) bond motifs is 1. The average Bonchev–Trinajstić information content (AvgIpc) is 3.54. The van der Waals surface area contributed by atoms with E-state index in [1.165, 1.54) is 0 Å². The van der Waals surface area contributed by atoms with Crippen LogP contribution in [-0.2, 0) is 14.4 Å². The van der Waals surface area contributed by atoms with Crippen molar-refractivity contribution >= 4 is 23.0 Å². The van der Waals surface area contributed by atoms with Crippen LogP contribution >= 0.6 is 0 Å². The van der Waals surface area contributed by atoms with E-state index in [1.54, 1.807) is 0 Å². The van der Waals surface area contributed by atoms with Crippen LogP contribution in [0.5, 0.6) is 5.75 Å². The number of carbonyl (C=O) groups is 1. The predicted octanol–water partition coefficient (Wildman–Crippen LogP) is 4.17. The van der Waals surface area contributed by atoms with Gasteiger partial charge >= 0.3 is 5.97 Å². The standard InChI is InChI=1S/C29H30N2O6/c1-18-13-23(31(34,21-9-5-3-6-10-21)22-11-7-4-8-12-22)14-19(2)27(18)35-17-26(32)36-28-20-15-24-25(16-20)30(33)37-29(24)28/h3-14,20,24-25,28-30H,15-17H2,1-2H3. The molecule has 1 heterocycles. The number of para-hydroxylation sites is 2. The lowest BCUT2D eigenvalue weighted by Gasteiger charge is -2.41. The molecule has 1 N–H and O–H groups in total. The summed E-state index contributed by atoms with van der Waals surface area (Å²) in [5.74, 6) is 0.418. The van der Waals surface area contributed by atoms with Crippen molar-refractivity contribution in [1.82, 2.24) is 4.65 Å². The van der Waals surface area contributed by atoms with Crippen LogP contribution in [0.15, 0.2) is 72.8 Å². The molecule has 3 aromatic carbocycles. The van der Waals surface area contributed by atoms with Crippen molar-refractivity contribution in [3.05, 3.63) is 94.3 Å². The third-order valence-corrected chi connectivity index (χ3v) is 8.06. The number of quaternary nitrogens is 2. The molecule has 3 fully saturated rings. The fourth-order valence-electron chi connectivity index (χ4n) is 6.44. The first-order valence-electron chi connectivity index (χ1n) is 12.7. The second-order valence-electron chi connectivity index (χ2n) is 10.3. The lowest BCUT2D eigenvalue weighted by atomic mass is 9.92. The van der Waals surface area contributed by atoms with Gasteiger partial charge in [-0.3, -0.25) is 4.65 Å². The quantitative estimate of drug-likeness (QED) is 0.226. The first-order valence-corrected chi connectivity index (χ1v) is 12.7. The molecule has 0 aromatic heterocycles. The zero-order valence-corrected chi connectivity index (χ0v) is 20.8. The predicted molar refractivity (Wildman–Crippen MR) is 138 cm³/mol. The molecule has 2 aliphatic carbocycles. The van der Waals surface area contributed by atoms with Gasteiger partial charge in [0, 0.05) is 48.7 Å². The highest BCUT2D eigenvalue weighted by molar-refractivity contribution is 5.74. The number of nitrogens with zero attached hydrogens (tertiary/aromatic N) is 1. The number of ether oxygens (including phenoxy) is 2. The number of esters is 1. The lowest BCUT2D eigenvalue weighted by Crippen LogP contribution is -3.08. The van der Waals surface area contributed by atoms with Crippen molar-refractivity contribution in [3.8, 4) is 5.75 Å².